The molecule has 2 aromatic carbocycles. The Hall–Kier alpha value is -2.77. The third kappa shape index (κ3) is 4.44. The van der Waals surface area contributed by atoms with Crippen molar-refractivity contribution in [2.24, 2.45) is 5.73 Å². The first-order chi connectivity index (χ1) is 12.3. The van der Waals surface area contributed by atoms with Crippen LogP contribution in [0.1, 0.15) is 10.4 Å². The number of ketones is 1. The van der Waals surface area contributed by atoms with Crippen LogP contribution in [0.5, 0.6) is 0 Å². The number of halogens is 2. The number of carbonyl (C=O) groups excluding carboxylic acids is 3. The maximum Gasteiger partial charge on any atom is 0.255 e. The number of benzene rings is 2. The smallest absolute Gasteiger partial charge is 0.255 e. The molecular formula is C18H17ClFN3O3. The van der Waals surface area contributed by atoms with Crippen LogP contribution in [-0.2, 0) is 9.59 Å². The number of hydrogen-bond acceptors (Lipinski definition) is 4. The first-order valence-electron chi connectivity index (χ1n) is 7.66. The molecule has 3 N–H and O–H groups in total. The van der Waals surface area contributed by atoms with Crippen LogP contribution in [0.4, 0.5) is 10.1 Å². The SMILES string of the molecule is CN(C(=O)CN)[C@H](C(=O)Nc1ccccc1)C(=O)c1ccc(Cl)cc1F. The zero-order valence-electron chi connectivity index (χ0n) is 13.9. The van der Waals surface area contributed by atoms with Crippen molar-refractivity contribution in [3.05, 3.63) is 64.9 Å². The second kappa shape index (κ2) is 8.55. The molecule has 0 aliphatic carbocycles. The highest BCUT2D eigenvalue weighted by Gasteiger charge is 2.35. The lowest BCUT2D eigenvalue weighted by atomic mass is 10.0. The Kier molecular flexibility index (Phi) is 6.43. The van der Waals surface area contributed by atoms with Crippen LogP contribution < -0.4 is 11.1 Å². The van der Waals surface area contributed by atoms with Gasteiger partial charge >= 0.3 is 0 Å². The highest BCUT2D eigenvalue weighted by atomic mass is 35.5. The zero-order chi connectivity index (χ0) is 19.3. The Morgan fingerprint density at radius 1 is 1.19 bits per heavy atom. The first kappa shape index (κ1) is 19.6. The van der Waals surface area contributed by atoms with Crippen molar-refractivity contribution in [1.82, 2.24) is 4.90 Å². The van der Waals surface area contributed by atoms with Crippen LogP contribution in [-0.4, -0.2) is 42.1 Å². The average molecular weight is 378 g/mol. The second-order valence-corrected chi connectivity index (χ2v) is 5.89. The summed E-state index contributed by atoms with van der Waals surface area (Å²) in [5.41, 5.74) is 5.41. The minimum absolute atomic E-state index is 0.107. The van der Waals surface area contributed by atoms with Gasteiger partial charge in [0.25, 0.3) is 5.91 Å². The van der Waals surface area contributed by atoms with Crippen LogP contribution in [0.15, 0.2) is 48.5 Å². The molecule has 0 bridgehead atoms. The summed E-state index contributed by atoms with van der Waals surface area (Å²) in [6, 6.07) is 10.3. The Balaban J connectivity index is 2.38. The predicted molar refractivity (Wildman–Crippen MR) is 96.4 cm³/mol. The van der Waals surface area contributed by atoms with Gasteiger partial charge < -0.3 is 16.0 Å². The van der Waals surface area contributed by atoms with E-state index >= 15 is 0 Å². The minimum Gasteiger partial charge on any atom is -0.326 e. The number of Topliss-reactive ketones (excluding diaryl/α,β-unsaturated/α-hetero) is 1. The van der Waals surface area contributed by atoms with E-state index in [0.29, 0.717) is 5.69 Å². The Labute approximate surface area is 154 Å². The lowest BCUT2D eigenvalue weighted by Gasteiger charge is -2.26. The van der Waals surface area contributed by atoms with Gasteiger partial charge in [-0.05, 0) is 30.3 Å². The normalized spacial score (nSPS) is 11.5. The molecule has 1 atom stereocenters. The Bertz CT molecular complexity index is 830. The summed E-state index contributed by atoms with van der Waals surface area (Å²) in [7, 11) is 1.26. The van der Waals surface area contributed by atoms with Crippen LogP contribution in [0.3, 0.4) is 0 Å². The van der Waals surface area contributed by atoms with E-state index in [1.807, 2.05) is 0 Å². The van der Waals surface area contributed by atoms with E-state index in [0.717, 1.165) is 11.0 Å². The number of likely N-dealkylation sites (N-methyl/N-ethyl adjacent to an activating group) is 1. The van der Waals surface area contributed by atoms with Gasteiger partial charge in [-0.1, -0.05) is 29.8 Å². The number of carbonyl (C=O) groups is 3. The molecule has 2 aromatic rings. The summed E-state index contributed by atoms with van der Waals surface area (Å²) in [4.78, 5) is 38.3. The summed E-state index contributed by atoms with van der Waals surface area (Å²) >= 11 is 5.69. The fourth-order valence-corrected chi connectivity index (χ4v) is 2.49. The molecule has 0 saturated carbocycles. The topological polar surface area (TPSA) is 92.5 Å². The fourth-order valence-electron chi connectivity index (χ4n) is 2.33. The van der Waals surface area contributed by atoms with Gasteiger partial charge in [-0.3, -0.25) is 14.4 Å². The molecule has 0 unspecified atom stereocenters. The number of rotatable bonds is 6. The molecule has 0 radical (unpaired) electrons. The van der Waals surface area contributed by atoms with Gasteiger partial charge in [-0.2, -0.15) is 0 Å². The summed E-state index contributed by atoms with van der Waals surface area (Å²) in [6.07, 6.45) is 0. The van der Waals surface area contributed by atoms with Crippen LogP contribution in [0, 0.1) is 5.82 Å². The largest absolute Gasteiger partial charge is 0.326 e. The molecule has 26 heavy (non-hydrogen) atoms. The van der Waals surface area contributed by atoms with Gasteiger partial charge in [0.15, 0.2) is 11.8 Å². The van der Waals surface area contributed by atoms with Gasteiger partial charge in [0.1, 0.15) is 5.82 Å². The molecule has 0 aromatic heterocycles. The summed E-state index contributed by atoms with van der Waals surface area (Å²) in [5.74, 6) is -3.17. The quantitative estimate of drug-likeness (QED) is 0.595. The van der Waals surface area contributed by atoms with Gasteiger partial charge in [-0.25, -0.2) is 4.39 Å². The number of nitrogens with two attached hydrogens (primary N) is 1. The lowest BCUT2D eigenvalue weighted by Crippen LogP contribution is -2.51. The minimum atomic E-state index is -1.58. The number of hydrogen-bond donors (Lipinski definition) is 2. The highest BCUT2D eigenvalue weighted by Crippen LogP contribution is 2.19. The molecule has 2 rings (SSSR count). The fraction of sp³-hybridized carbons (Fsp3) is 0.167. The zero-order valence-corrected chi connectivity index (χ0v) is 14.7. The average Bonchev–Trinajstić information content (AvgIpc) is 2.61. The number of amides is 2. The van der Waals surface area contributed by atoms with E-state index in [2.05, 4.69) is 5.32 Å². The Morgan fingerprint density at radius 3 is 2.42 bits per heavy atom. The molecule has 6 nitrogen and oxygen atoms in total. The molecule has 0 saturated heterocycles. The van der Waals surface area contributed by atoms with Gasteiger partial charge in [0.05, 0.1) is 12.1 Å². The summed E-state index contributed by atoms with van der Waals surface area (Å²) in [5, 5.41) is 2.65. The molecule has 0 fully saturated rings. The van der Waals surface area contributed by atoms with Crippen molar-refractivity contribution in [3.63, 3.8) is 0 Å². The van der Waals surface area contributed by atoms with Crippen molar-refractivity contribution < 1.29 is 18.8 Å². The van der Waals surface area contributed by atoms with E-state index in [1.54, 1.807) is 30.3 Å². The number of para-hydroxylation sites is 1. The third-order valence-electron chi connectivity index (χ3n) is 3.69. The van der Waals surface area contributed by atoms with E-state index in [1.165, 1.54) is 19.2 Å². The van der Waals surface area contributed by atoms with Crippen molar-refractivity contribution in [1.29, 1.82) is 0 Å². The molecule has 0 spiro atoms. The number of anilines is 1. The molecule has 0 heterocycles. The third-order valence-corrected chi connectivity index (χ3v) is 3.93. The van der Waals surface area contributed by atoms with E-state index in [9.17, 15) is 18.8 Å². The van der Waals surface area contributed by atoms with Gasteiger partial charge in [0.2, 0.25) is 5.91 Å². The standard InChI is InChI=1S/C18H17ClFN3O3/c1-23(15(24)10-21)16(18(26)22-12-5-3-2-4-6-12)17(25)13-8-7-11(19)9-14(13)20/h2-9,16H,10,21H2,1H3,(H,22,26)/t16-/m0/s1. The molecule has 0 aliphatic heterocycles. The van der Waals surface area contributed by atoms with Gasteiger partial charge in [-0.15, -0.1) is 0 Å². The summed E-state index contributed by atoms with van der Waals surface area (Å²) < 4.78 is 14.1. The van der Waals surface area contributed by atoms with Crippen LogP contribution >= 0.6 is 11.6 Å². The van der Waals surface area contributed by atoms with Crippen LogP contribution in [0.2, 0.25) is 5.02 Å². The Morgan fingerprint density at radius 2 is 1.85 bits per heavy atom. The molecule has 0 aliphatic rings. The second-order valence-electron chi connectivity index (χ2n) is 5.45. The molecule has 8 heteroatoms. The lowest BCUT2D eigenvalue weighted by molar-refractivity contribution is -0.134. The van der Waals surface area contributed by atoms with Crippen molar-refractivity contribution in [2.75, 3.05) is 18.9 Å². The summed E-state index contributed by atoms with van der Waals surface area (Å²) in [6.45, 7) is -0.401. The molecule has 136 valence electrons. The predicted octanol–water partition coefficient (Wildman–Crippen LogP) is 2.09. The van der Waals surface area contributed by atoms with Crippen LogP contribution in [0.25, 0.3) is 0 Å². The number of nitrogens with one attached hydrogen (secondary N) is 1. The highest BCUT2D eigenvalue weighted by molar-refractivity contribution is 6.30. The van der Waals surface area contributed by atoms with E-state index in [-0.39, 0.29) is 10.6 Å². The van der Waals surface area contributed by atoms with Gasteiger partial charge in [0, 0.05) is 17.8 Å². The first-order valence-corrected chi connectivity index (χ1v) is 8.04. The van der Waals surface area contributed by atoms with Crippen molar-refractivity contribution in [3.8, 4) is 0 Å². The monoisotopic (exact) mass is 377 g/mol. The molecular weight excluding hydrogens is 361 g/mol. The number of nitrogens with zero attached hydrogens (tertiary/aromatic N) is 1. The van der Waals surface area contributed by atoms with E-state index < -0.39 is 36.0 Å². The van der Waals surface area contributed by atoms with Crippen molar-refractivity contribution >= 4 is 34.9 Å². The maximum absolute atomic E-state index is 14.1. The van der Waals surface area contributed by atoms with E-state index in [4.69, 9.17) is 17.3 Å². The maximum atomic E-state index is 14.1. The van der Waals surface area contributed by atoms with Crippen molar-refractivity contribution in [2.45, 2.75) is 6.04 Å². The molecule has 2 amide bonds.